The molecule has 1 atom stereocenters. The Labute approximate surface area is 114 Å². The van der Waals surface area contributed by atoms with Crippen LogP contribution in [0.15, 0.2) is 26.4 Å². The molecule has 1 rings (SSSR count). The molecule has 0 aromatic heterocycles. The zero-order valence-electron chi connectivity index (χ0n) is 9.47. The number of sulfone groups is 1. The molecule has 3 N–H and O–H groups in total. The highest BCUT2D eigenvalue weighted by atomic mass is 79.9. The lowest BCUT2D eigenvalue weighted by molar-refractivity contribution is 0.186. The largest absolute Gasteiger partial charge is 0.387 e. The molecule has 0 aliphatic heterocycles. The number of hydrogen-bond acceptors (Lipinski definition) is 5. The molecule has 1 unspecified atom stereocenters. The monoisotopic (exact) mass is 339 g/mol. The standard InChI is InChI=1S/C10H14BrNO3S2/c1-16-10-7(11)3-6(8(13)5-12)4-9(10)17(2,14)15/h3-4,8,13H,5,12H2,1-2H3. The molecule has 0 saturated heterocycles. The van der Waals surface area contributed by atoms with Crippen LogP contribution in [0.3, 0.4) is 0 Å². The van der Waals surface area contributed by atoms with Gasteiger partial charge in [0.1, 0.15) is 0 Å². The smallest absolute Gasteiger partial charge is 0.176 e. The molecule has 0 spiro atoms. The molecule has 7 heteroatoms. The second-order valence-electron chi connectivity index (χ2n) is 3.56. The van der Waals surface area contributed by atoms with Gasteiger partial charge in [-0.3, -0.25) is 0 Å². The maximum Gasteiger partial charge on any atom is 0.176 e. The fourth-order valence-electron chi connectivity index (χ4n) is 1.39. The number of halogens is 1. The number of rotatable bonds is 4. The molecule has 0 fully saturated rings. The fourth-order valence-corrected chi connectivity index (χ4v) is 4.50. The Morgan fingerprint density at radius 2 is 2.12 bits per heavy atom. The minimum absolute atomic E-state index is 0.0499. The van der Waals surface area contributed by atoms with Crippen molar-refractivity contribution in [2.45, 2.75) is 15.9 Å². The van der Waals surface area contributed by atoms with E-state index in [2.05, 4.69) is 15.9 Å². The van der Waals surface area contributed by atoms with Crippen molar-refractivity contribution in [3.63, 3.8) is 0 Å². The Morgan fingerprint density at radius 1 is 1.53 bits per heavy atom. The summed E-state index contributed by atoms with van der Waals surface area (Å²) in [5.41, 5.74) is 5.86. The normalized spacial score (nSPS) is 13.7. The Morgan fingerprint density at radius 3 is 2.53 bits per heavy atom. The zero-order valence-corrected chi connectivity index (χ0v) is 12.7. The summed E-state index contributed by atoms with van der Waals surface area (Å²) in [6.45, 7) is 0.0499. The van der Waals surface area contributed by atoms with Crippen molar-refractivity contribution < 1.29 is 13.5 Å². The first-order valence-corrected chi connectivity index (χ1v) is 8.67. The van der Waals surface area contributed by atoms with Crippen LogP contribution in [-0.2, 0) is 9.84 Å². The summed E-state index contributed by atoms with van der Waals surface area (Å²) in [4.78, 5) is 0.849. The topological polar surface area (TPSA) is 80.4 Å². The van der Waals surface area contributed by atoms with E-state index in [0.717, 1.165) is 6.26 Å². The lowest BCUT2D eigenvalue weighted by Crippen LogP contribution is -2.12. The molecule has 0 saturated carbocycles. The van der Waals surface area contributed by atoms with E-state index < -0.39 is 15.9 Å². The van der Waals surface area contributed by atoms with Crippen LogP contribution in [0.2, 0.25) is 0 Å². The molecular formula is C10H14BrNO3S2. The number of aliphatic hydroxyl groups is 1. The Kier molecular flexibility index (Phi) is 5.03. The molecule has 0 radical (unpaired) electrons. The Bertz CT molecular complexity index is 517. The molecule has 0 aliphatic carbocycles. The third-order valence-electron chi connectivity index (χ3n) is 2.24. The van der Waals surface area contributed by atoms with Gasteiger partial charge >= 0.3 is 0 Å². The molecule has 17 heavy (non-hydrogen) atoms. The van der Waals surface area contributed by atoms with Gasteiger partial charge in [-0.2, -0.15) is 0 Å². The molecular weight excluding hydrogens is 326 g/mol. The Hall–Kier alpha value is -0.0800. The van der Waals surface area contributed by atoms with Gasteiger partial charge in [-0.05, 0) is 39.9 Å². The van der Waals surface area contributed by atoms with Gasteiger partial charge in [0.05, 0.1) is 11.0 Å². The zero-order chi connectivity index (χ0) is 13.2. The third-order valence-corrected chi connectivity index (χ3v) is 5.23. The van der Waals surface area contributed by atoms with Crippen LogP contribution in [-0.4, -0.2) is 32.6 Å². The molecule has 0 aliphatic rings. The predicted octanol–water partition coefficient (Wildman–Crippen LogP) is 1.57. The van der Waals surface area contributed by atoms with E-state index in [-0.39, 0.29) is 11.4 Å². The summed E-state index contributed by atoms with van der Waals surface area (Å²) in [6, 6.07) is 3.17. The predicted molar refractivity (Wildman–Crippen MR) is 73.0 cm³/mol. The SMILES string of the molecule is CSc1c(Br)cc(C(O)CN)cc1S(C)(=O)=O. The minimum atomic E-state index is -3.34. The van der Waals surface area contributed by atoms with Crippen molar-refractivity contribution in [3.05, 3.63) is 22.2 Å². The van der Waals surface area contributed by atoms with Gasteiger partial charge in [-0.15, -0.1) is 11.8 Å². The van der Waals surface area contributed by atoms with Crippen LogP contribution in [0.1, 0.15) is 11.7 Å². The summed E-state index contributed by atoms with van der Waals surface area (Å²) in [7, 11) is -3.34. The molecule has 0 heterocycles. The number of thioether (sulfide) groups is 1. The van der Waals surface area contributed by atoms with Crippen molar-refractivity contribution in [1.29, 1.82) is 0 Å². The summed E-state index contributed by atoms with van der Waals surface area (Å²) < 4.78 is 24.0. The van der Waals surface area contributed by atoms with Crippen LogP contribution in [0.5, 0.6) is 0 Å². The number of hydrogen-bond donors (Lipinski definition) is 2. The highest BCUT2D eigenvalue weighted by Gasteiger charge is 2.19. The molecule has 1 aromatic rings. The van der Waals surface area contributed by atoms with Gasteiger partial charge in [-0.25, -0.2) is 8.42 Å². The van der Waals surface area contributed by atoms with E-state index >= 15 is 0 Å². The Balaban J connectivity index is 3.50. The van der Waals surface area contributed by atoms with Crippen molar-refractivity contribution in [1.82, 2.24) is 0 Å². The van der Waals surface area contributed by atoms with E-state index in [1.54, 1.807) is 12.3 Å². The molecule has 0 amide bonds. The number of aliphatic hydroxyl groups excluding tert-OH is 1. The van der Waals surface area contributed by atoms with Crippen LogP contribution < -0.4 is 5.73 Å². The second kappa shape index (κ2) is 5.71. The number of benzene rings is 1. The summed E-state index contributed by atoms with van der Waals surface area (Å²) in [6.07, 6.45) is 2.09. The highest BCUT2D eigenvalue weighted by molar-refractivity contribution is 9.10. The van der Waals surface area contributed by atoms with Crippen molar-refractivity contribution in [2.75, 3.05) is 19.1 Å². The van der Waals surface area contributed by atoms with Gasteiger partial charge in [0.2, 0.25) is 0 Å². The first-order chi connectivity index (χ1) is 7.81. The van der Waals surface area contributed by atoms with Crippen LogP contribution >= 0.6 is 27.7 Å². The maximum atomic E-state index is 11.7. The van der Waals surface area contributed by atoms with E-state index in [4.69, 9.17) is 5.73 Å². The summed E-state index contributed by atoms with van der Waals surface area (Å²) >= 11 is 4.65. The second-order valence-corrected chi connectivity index (χ2v) is 7.21. The quantitative estimate of drug-likeness (QED) is 0.814. The van der Waals surface area contributed by atoms with Crippen molar-refractivity contribution in [3.8, 4) is 0 Å². The van der Waals surface area contributed by atoms with E-state index in [9.17, 15) is 13.5 Å². The average molecular weight is 340 g/mol. The number of nitrogens with two attached hydrogens (primary N) is 1. The van der Waals surface area contributed by atoms with E-state index in [1.165, 1.54) is 17.8 Å². The molecule has 4 nitrogen and oxygen atoms in total. The summed E-state index contributed by atoms with van der Waals surface area (Å²) in [5.74, 6) is 0. The lowest BCUT2D eigenvalue weighted by atomic mass is 10.1. The van der Waals surface area contributed by atoms with Gasteiger partial charge in [0.25, 0.3) is 0 Å². The van der Waals surface area contributed by atoms with Crippen molar-refractivity contribution in [2.24, 2.45) is 5.73 Å². The maximum absolute atomic E-state index is 11.7. The molecule has 0 bridgehead atoms. The van der Waals surface area contributed by atoms with Crippen LogP contribution in [0, 0.1) is 0 Å². The highest BCUT2D eigenvalue weighted by Crippen LogP contribution is 2.35. The van der Waals surface area contributed by atoms with Gasteiger partial charge in [0.15, 0.2) is 9.84 Å². The lowest BCUT2D eigenvalue weighted by Gasteiger charge is -2.14. The van der Waals surface area contributed by atoms with Gasteiger partial charge < -0.3 is 10.8 Å². The van der Waals surface area contributed by atoms with E-state index in [0.29, 0.717) is 14.9 Å². The van der Waals surface area contributed by atoms with E-state index in [1.807, 2.05) is 0 Å². The third kappa shape index (κ3) is 3.45. The van der Waals surface area contributed by atoms with Gasteiger partial charge in [0, 0.05) is 22.2 Å². The first-order valence-electron chi connectivity index (χ1n) is 4.77. The van der Waals surface area contributed by atoms with Crippen molar-refractivity contribution >= 4 is 37.5 Å². The van der Waals surface area contributed by atoms with Gasteiger partial charge in [-0.1, -0.05) is 0 Å². The molecule has 1 aromatic carbocycles. The molecule has 96 valence electrons. The average Bonchev–Trinajstić information content (AvgIpc) is 2.25. The fraction of sp³-hybridized carbons (Fsp3) is 0.400. The van der Waals surface area contributed by atoms with Crippen LogP contribution in [0.4, 0.5) is 0 Å². The summed E-state index contributed by atoms with van der Waals surface area (Å²) in [5, 5.41) is 9.66. The van der Waals surface area contributed by atoms with Crippen LogP contribution in [0.25, 0.3) is 0 Å². The first kappa shape index (κ1) is 15.0. The minimum Gasteiger partial charge on any atom is -0.387 e.